The van der Waals surface area contributed by atoms with E-state index in [-0.39, 0.29) is 5.97 Å². The highest BCUT2D eigenvalue weighted by Gasteiger charge is 2.00. The molecule has 3 heteroatoms. The Kier molecular flexibility index (Phi) is 6.26. The van der Waals surface area contributed by atoms with Crippen LogP contribution in [0.5, 0.6) is 0 Å². The van der Waals surface area contributed by atoms with Crippen LogP contribution in [-0.4, -0.2) is 19.6 Å². The molecule has 0 aliphatic rings. The number of hydrogen-bond donors (Lipinski definition) is 1. The third kappa shape index (κ3) is 5.71. The zero-order valence-corrected chi connectivity index (χ0v) is 11.5. The van der Waals surface area contributed by atoms with Gasteiger partial charge in [0.05, 0.1) is 7.11 Å². The molecular weight excluding hydrogens is 226 g/mol. The van der Waals surface area contributed by atoms with Crippen molar-refractivity contribution in [3.8, 4) is 0 Å². The van der Waals surface area contributed by atoms with Crippen molar-refractivity contribution in [2.24, 2.45) is 5.92 Å². The summed E-state index contributed by atoms with van der Waals surface area (Å²) in [4.78, 5) is 10.9. The van der Waals surface area contributed by atoms with Crippen molar-refractivity contribution in [3.63, 3.8) is 0 Å². The van der Waals surface area contributed by atoms with Crippen LogP contribution in [0.25, 0.3) is 0 Å². The predicted octanol–water partition coefficient (Wildman–Crippen LogP) is 3.25. The van der Waals surface area contributed by atoms with Gasteiger partial charge >= 0.3 is 5.97 Å². The van der Waals surface area contributed by atoms with Gasteiger partial charge in [-0.2, -0.15) is 0 Å². The molecule has 3 nitrogen and oxygen atoms in total. The number of carbonyl (C=O) groups is 1. The lowest BCUT2D eigenvalue weighted by Crippen LogP contribution is -2.06. The van der Waals surface area contributed by atoms with Gasteiger partial charge in [-0.05, 0) is 36.5 Å². The lowest BCUT2D eigenvalue weighted by molar-refractivity contribution is -0.140. The molecule has 1 aromatic rings. The minimum atomic E-state index is -0.149. The number of anilines is 1. The summed E-state index contributed by atoms with van der Waals surface area (Å²) in [5.41, 5.74) is 2.47. The van der Waals surface area contributed by atoms with Gasteiger partial charge in [0.15, 0.2) is 0 Å². The second-order valence-electron chi connectivity index (χ2n) is 4.90. The first-order chi connectivity index (χ1) is 8.61. The molecule has 0 aromatic heterocycles. The number of hydrogen-bond acceptors (Lipinski definition) is 3. The quantitative estimate of drug-likeness (QED) is 0.595. The Morgan fingerprint density at radius 2 is 1.94 bits per heavy atom. The average Bonchev–Trinajstić information content (AvgIpc) is 2.35. The summed E-state index contributed by atoms with van der Waals surface area (Å²) in [6.07, 6.45) is 2.37. The molecule has 18 heavy (non-hydrogen) atoms. The first-order valence-corrected chi connectivity index (χ1v) is 6.51. The molecule has 0 bridgehead atoms. The summed E-state index contributed by atoms with van der Waals surface area (Å²) >= 11 is 0. The molecule has 0 aliphatic carbocycles. The molecule has 0 saturated carbocycles. The van der Waals surface area contributed by atoms with Crippen molar-refractivity contribution in [2.45, 2.75) is 33.1 Å². The first kappa shape index (κ1) is 14.6. The van der Waals surface area contributed by atoms with Crippen molar-refractivity contribution in [3.05, 3.63) is 29.8 Å². The van der Waals surface area contributed by atoms with Gasteiger partial charge in [0.25, 0.3) is 0 Å². The topological polar surface area (TPSA) is 38.3 Å². The first-order valence-electron chi connectivity index (χ1n) is 6.51. The molecule has 0 aliphatic heterocycles. The van der Waals surface area contributed by atoms with Crippen molar-refractivity contribution in [1.82, 2.24) is 0 Å². The third-order valence-electron chi connectivity index (χ3n) is 2.71. The van der Waals surface area contributed by atoms with Gasteiger partial charge in [-0.3, -0.25) is 4.79 Å². The van der Waals surface area contributed by atoms with Crippen molar-refractivity contribution >= 4 is 11.7 Å². The van der Waals surface area contributed by atoms with Gasteiger partial charge in [0.2, 0.25) is 0 Å². The fraction of sp³-hybridized carbons (Fsp3) is 0.533. The Labute approximate surface area is 110 Å². The fourth-order valence-electron chi connectivity index (χ4n) is 1.80. The minimum Gasteiger partial charge on any atom is -0.469 e. The lowest BCUT2D eigenvalue weighted by atomic mass is 10.0. The van der Waals surface area contributed by atoms with Gasteiger partial charge in [0, 0.05) is 18.7 Å². The number of carbonyl (C=O) groups excluding carboxylic acids is 1. The Hall–Kier alpha value is -1.51. The van der Waals surface area contributed by atoms with Crippen LogP contribution in [0.15, 0.2) is 24.3 Å². The van der Waals surface area contributed by atoms with Crippen LogP contribution >= 0.6 is 0 Å². The molecule has 100 valence electrons. The van der Waals surface area contributed by atoms with E-state index in [9.17, 15) is 4.79 Å². The Morgan fingerprint density at radius 3 is 2.50 bits per heavy atom. The highest BCUT2D eigenvalue weighted by Crippen LogP contribution is 2.13. The molecule has 0 spiro atoms. The molecule has 0 fully saturated rings. The van der Waals surface area contributed by atoms with Crippen LogP contribution in [0, 0.1) is 5.92 Å². The molecule has 1 rings (SSSR count). The lowest BCUT2D eigenvalue weighted by Gasteiger charge is -2.08. The van der Waals surface area contributed by atoms with E-state index in [1.54, 1.807) is 0 Å². The van der Waals surface area contributed by atoms with Gasteiger partial charge < -0.3 is 10.1 Å². The summed E-state index contributed by atoms with van der Waals surface area (Å²) in [5.74, 6) is 0.535. The van der Waals surface area contributed by atoms with E-state index in [0.29, 0.717) is 12.3 Å². The van der Waals surface area contributed by atoms with E-state index in [2.05, 4.69) is 48.2 Å². The van der Waals surface area contributed by atoms with Crippen LogP contribution in [0.1, 0.15) is 32.3 Å². The Bertz CT molecular complexity index is 357. The maximum atomic E-state index is 10.9. The van der Waals surface area contributed by atoms with Crippen LogP contribution in [-0.2, 0) is 16.0 Å². The summed E-state index contributed by atoms with van der Waals surface area (Å²) in [6, 6.07) is 8.50. The molecule has 1 N–H and O–H groups in total. The molecular formula is C15H23NO2. The smallest absolute Gasteiger partial charge is 0.305 e. The average molecular weight is 249 g/mol. The van der Waals surface area contributed by atoms with Gasteiger partial charge in [-0.15, -0.1) is 0 Å². The minimum absolute atomic E-state index is 0.149. The number of esters is 1. The molecule has 1 aromatic carbocycles. The predicted molar refractivity (Wildman–Crippen MR) is 74.7 cm³/mol. The van der Waals surface area contributed by atoms with Crippen LogP contribution in [0.4, 0.5) is 5.69 Å². The monoisotopic (exact) mass is 249 g/mol. The second kappa shape index (κ2) is 7.75. The number of methoxy groups -OCH3 is 1. The molecule has 0 amide bonds. The summed E-state index contributed by atoms with van der Waals surface area (Å²) in [6.45, 7) is 5.23. The van der Waals surface area contributed by atoms with E-state index in [1.807, 2.05) is 0 Å². The largest absolute Gasteiger partial charge is 0.469 e. The van der Waals surface area contributed by atoms with Crippen molar-refractivity contribution < 1.29 is 9.53 Å². The van der Waals surface area contributed by atoms with Crippen LogP contribution in [0.3, 0.4) is 0 Å². The zero-order valence-electron chi connectivity index (χ0n) is 11.5. The van der Waals surface area contributed by atoms with E-state index in [4.69, 9.17) is 0 Å². The maximum absolute atomic E-state index is 10.9. The Morgan fingerprint density at radius 1 is 1.28 bits per heavy atom. The molecule has 0 unspecified atom stereocenters. The summed E-state index contributed by atoms with van der Waals surface area (Å²) in [5, 5.41) is 3.30. The van der Waals surface area contributed by atoms with E-state index in [1.165, 1.54) is 12.7 Å². The fourth-order valence-corrected chi connectivity index (χ4v) is 1.80. The maximum Gasteiger partial charge on any atom is 0.305 e. The zero-order chi connectivity index (χ0) is 13.4. The van der Waals surface area contributed by atoms with Crippen LogP contribution in [0.2, 0.25) is 0 Å². The number of ether oxygens (including phenoxy) is 1. The highest BCUT2D eigenvalue weighted by atomic mass is 16.5. The molecule has 0 heterocycles. The normalized spacial score (nSPS) is 10.4. The van der Waals surface area contributed by atoms with Gasteiger partial charge in [-0.1, -0.05) is 26.0 Å². The summed E-state index contributed by atoms with van der Waals surface area (Å²) < 4.78 is 4.59. The number of benzene rings is 1. The molecule has 0 atom stereocenters. The number of rotatable bonds is 7. The van der Waals surface area contributed by atoms with Crippen LogP contribution < -0.4 is 5.32 Å². The van der Waals surface area contributed by atoms with E-state index >= 15 is 0 Å². The molecule has 0 radical (unpaired) electrons. The summed E-state index contributed by atoms with van der Waals surface area (Å²) in [7, 11) is 1.42. The van der Waals surface area contributed by atoms with E-state index in [0.717, 1.165) is 25.1 Å². The SMILES string of the molecule is COC(=O)CCCNc1ccc(CC(C)C)cc1. The second-order valence-corrected chi connectivity index (χ2v) is 4.90. The Balaban J connectivity index is 2.28. The standard InChI is InChI=1S/C15H23NO2/c1-12(2)11-13-6-8-14(9-7-13)16-10-4-5-15(17)18-3/h6-9,12,16H,4-5,10-11H2,1-3H3. The van der Waals surface area contributed by atoms with Crippen molar-refractivity contribution in [1.29, 1.82) is 0 Å². The van der Waals surface area contributed by atoms with Gasteiger partial charge in [-0.25, -0.2) is 0 Å². The van der Waals surface area contributed by atoms with Crippen molar-refractivity contribution in [2.75, 3.05) is 19.0 Å². The number of nitrogens with one attached hydrogen (secondary N) is 1. The third-order valence-corrected chi connectivity index (χ3v) is 2.71. The van der Waals surface area contributed by atoms with Gasteiger partial charge in [0.1, 0.15) is 0 Å². The molecule has 0 saturated heterocycles. The van der Waals surface area contributed by atoms with E-state index < -0.39 is 0 Å². The highest BCUT2D eigenvalue weighted by molar-refractivity contribution is 5.69.